The molecule has 0 amide bonds. The van der Waals surface area contributed by atoms with E-state index in [4.69, 9.17) is 4.43 Å². The Hall–Kier alpha value is -2.24. The summed E-state index contributed by atoms with van der Waals surface area (Å²) in [6.45, 7) is 9.78. The highest BCUT2D eigenvalue weighted by Crippen LogP contribution is 2.25. The van der Waals surface area contributed by atoms with Gasteiger partial charge in [-0.05, 0) is 63.8 Å². The van der Waals surface area contributed by atoms with Gasteiger partial charge in [0.15, 0.2) is 19.5 Å². The van der Waals surface area contributed by atoms with Crippen LogP contribution in [0.3, 0.4) is 0 Å². The molecular weight excluding hydrogens is 342 g/mol. The summed E-state index contributed by atoms with van der Waals surface area (Å²) in [4.78, 5) is 26.0. The lowest BCUT2D eigenvalue weighted by molar-refractivity contribution is 0.0558. The molecule has 0 fully saturated rings. The minimum Gasteiger partial charge on any atom is -0.405 e. The Morgan fingerprint density at radius 1 is 1.00 bits per heavy atom. The number of hydrogen-bond donors (Lipinski definition) is 0. The first-order valence-corrected chi connectivity index (χ1v) is 12.2. The van der Waals surface area contributed by atoms with Crippen molar-refractivity contribution >= 4 is 35.9 Å². The number of Topliss-reactive ketones (excluding diaryl/α,β-unsaturated/α-hetero) is 1. The monoisotopic (exact) mass is 367 g/mol. The van der Waals surface area contributed by atoms with Crippen molar-refractivity contribution in [2.24, 2.45) is 7.05 Å². The first kappa shape index (κ1) is 18.5. The second-order valence-electron chi connectivity index (χ2n) is 8.19. The number of benzene rings is 2. The average molecular weight is 368 g/mol. The molecule has 1 heterocycles. The fraction of sp³-hybridized carbons (Fsp3) is 0.333. The maximum atomic E-state index is 13.0. The van der Waals surface area contributed by atoms with E-state index in [9.17, 15) is 9.59 Å². The van der Waals surface area contributed by atoms with Crippen LogP contribution in [0.4, 0.5) is 0 Å². The number of aryl methyl sites for hydroxylation is 1. The molecule has 136 valence electrons. The number of nitrogens with zero attached hydrogens (tertiary/aromatic N) is 1. The molecule has 0 saturated heterocycles. The van der Waals surface area contributed by atoms with Crippen molar-refractivity contribution in [2.75, 3.05) is 0 Å². The van der Waals surface area contributed by atoms with Crippen LogP contribution < -0.4 is 5.43 Å². The number of ketones is 1. The first-order valence-electron chi connectivity index (χ1n) is 8.78. The second kappa shape index (κ2) is 6.18. The van der Waals surface area contributed by atoms with Crippen LogP contribution in [0.15, 0.2) is 47.3 Å². The van der Waals surface area contributed by atoms with E-state index in [1.54, 1.807) is 26.0 Å². The topological polar surface area (TPSA) is 48.3 Å². The molecule has 2 aromatic carbocycles. The van der Waals surface area contributed by atoms with Crippen molar-refractivity contribution in [1.29, 1.82) is 0 Å². The Kier molecular flexibility index (Phi) is 4.41. The molecule has 0 aliphatic carbocycles. The standard InChI is InChI=1S/C21H25NO3Si/c1-21(2,25-26(4,5)6)20(24)14-11-12-18-16(13-14)19(23)15-9-7-8-10-17(15)22(18)3/h7-13H,1-6H3. The molecule has 0 atom stereocenters. The Balaban J connectivity index is 2.18. The number of aromatic nitrogens is 1. The molecule has 0 spiro atoms. The van der Waals surface area contributed by atoms with Crippen LogP contribution in [0.5, 0.6) is 0 Å². The Labute approximate surface area is 154 Å². The molecule has 0 unspecified atom stereocenters. The Morgan fingerprint density at radius 2 is 1.62 bits per heavy atom. The van der Waals surface area contributed by atoms with Crippen molar-refractivity contribution < 1.29 is 9.22 Å². The third-order valence-electron chi connectivity index (χ3n) is 4.48. The van der Waals surface area contributed by atoms with Gasteiger partial charge in [-0.25, -0.2) is 0 Å². The minimum absolute atomic E-state index is 0.0488. The summed E-state index contributed by atoms with van der Waals surface area (Å²) in [5.41, 5.74) is 1.24. The zero-order valence-electron chi connectivity index (χ0n) is 16.2. The van der Waals surface area contributed by atoms with Gasteiger partial charge in [-0.2, -0.15) is 0 Å². The minimum atomic E-state index is -1.88. The maximum absolute atomic E-state index is 13.0. The van der Waals surface area contributed by atoms with E-state index in [-0.39, 0.29) is 11.2 Å². The van der Waals surface area contributed by atoms with Crippen LogP contribution in [-0.2, 0) is 11.5 Å². The fourth-order valence-corrected chi connectivity index (χ4v) is 5.17. The number of carbonyl (C=O) groups is 1. The molecule has 0 aliphatic rings. The van der Waals surface area contributed by atoms with E-state index >= 15 is 0 Å². The zero-order valence-corrected chi connectivity index (χ0v) is 17.2. The summed E-state index contributed by atoms with van der Waals surface area (Å²) < 4.78 is 8.07. The smallest absolute Gasteiger partial charge is 0.197 e. The van der Waals surface area contributed by atoms with Gasteiger partial charge >= 0.3 is 0 Å². The van der Waals surface area contributed by atoms with Gasteiger partial charge in [0.25, 0.3) is 0 Å². The third kappa shape index (κ3) is 3.24. The molecule has 3 rings (SSSR count). The van der Waals surface area contributed by atoms with Gasteiger partial charge in [0, 0.05) is 23.4 Å². The molecule has 0 saturated carbocycles. The highest BCUT2D eigenvalue weighted by molar-refractivity contribution is 6.70. The Morgan fingerprint density at radius 3 is 2.27 bits per heavy atom. The molecule has 0 N–H and O–H groups in total. The molecule has 26 heavy (non-hydrogen) atoms. The SMILES string of the molecule is Cn1c2ccccc2c(=O)c2cc(C(=O)C(C)(C)O[Si](C)(C)C)ccc21. The molecule has 0 bridgehead atoms. The lowest BCUT2D eigenvalue weighted by Gasteiger charge is -2.31. The normalized spacial score (nSPS) is 12.7. The van der Waals surface area contributed by atoms with Gasteiger partial charge in [-0.15, -0.1) is 0 Å². The van der Waals surface area contributed by atoms with E-state index in [0.717, 1.165) is 11.0 Å². The first-order chi connectivity index (χ1) is 12.0. The number of pyridine rings is 1. The number of carbonyl (C=O) groups excluding carboxylic acids is 1. The lowest BCUT2D eigenvalue weighted by Crippen LogP contribution is -2.44. The van der Waals surface area contributed by atoms with Gasteiger partial charge in [0.05, 0.1) is 11.0 Å². The van der Waals surface area contributed by atoms with Gasteiger partial charge in [-0.1, -0.05) is 12.1 Å². The average Bonchev–Trinajstić information content (AvgIpc) is 2.56. The van der Waals surface area contributed by atoms with Crippen LogP contribution in [0, 0.1) is 0 Å². The van der Waals surface area contributed by atoms with Gasteiger partial charge in [-0.3, -0.25) is 9.59 Å². The van der Waals surface area contributed by atoms with E-state index in [2.05, 4.69) is 19.6 Å². The van der Waals surface area contributed by atoms with Crippen molar-refractivity contribution in [2.45, 2.75) is 39.1 Å². The van der Waals surface area contributed by atoms with Crippen molar-refractivity contribution in [3.8, 4) is 0 Å². The summed E-state index contributed by atoms with van der Waals surface area (Å²) in [5, 5.41) is 1.21. The number of hydrogen-bond acceptors (Lipinski definition) is 3. The molecule has 3 aromatic rings. The molecule has 5 heteroatoms. The summed E-state index contributed by atoms with van der Waals surface area (Å²) in [7, 11) is 0.0496. The quantitative estimate of drug-likeness (QED) is 0.387. The number of rotatable bonds is 4. The lowest BCUT2D eigenvalue weighted by atomic mass is 9.95. The Bertz CT molecular complexity index is 1070. The van der Waals surface area contributed by atoms with E-state index < -0.39 is 13.9 Å². The summed E-state index contributed by atoms with van der Waals surface area (Å²) in [6.07, 6.45) is 0. The van der Waals surface area contributed by atoms with Gasteiger partial charge in [0.2, 0.25) is 0 Å². The third-order valence-corrected chi connectivity index (χ3v) is 5.61. The molecule has 4 nitrogen and oxygen atoms in total. The van der Waals surface area contributed by atoms with Crippen molar-refractivity contribution in [1.82, 2.24) is 4.57 Å². The summed E-state index contributed by atoms with van der Waals surface area (Å²) >= 11 is 0. The highest BCUT2D eigenvalue weighted by atomic mass is 28.4. The largest absolute Gasteiger partial charge is 0.405 e. The maximum Gasteiger partial charge on any atom is 0.197 e. The van der Waals surface area contributed by atoms with Crippen LogP contribution in [0.25, 0.3) is 21.8 Å². The van der Waals surface area contributed by atoms with Gasteiger partial charge < -0.3 is 8.99 Å². The van der Waals surface area contributed by atoms with Crippen molar-refractivity contribution in [3.05, 3.63) is 58.3 Å². The molecule has 0 radical (unpaired) electrons. The van der Waals surface area contributed by atoms with E-state index in [1.807, 2.05) is 41.9 Å². The van der Waals surface area contributed by atoms with Crippen LogP contribution in [0.1, 0.15) is 24.2 Å². The predicted octanol–water partition coefficient (Wildman–Crippen LogP) is 4.50. The second-order valence-corrected chi connectivity index (χ2v) is 12.6. The highest BCUT2D eigenvalue weighted by Gasteiger charge is 2.34. The van der Waals surface area contributed by atoms with Crippen molar-refractivity contribution in [3.63, 3.8) is 0 Å². The van der Waals surface area contributed by atoms with Crippen LogP contribution in [-0.4, -0.2) is 24.3 Å². The fourth-order valence-electron chi connectivity index (χ4n) is 3.54. The van der Waals surface area contributed by atoms with Gasteiger partial charge in [0.1, 0.15) is 5.60 Å². The zero-order chi connectivity index (χ0) is 19.3. The van der Waals surface area contributed by atoms with Crippen LogP contribution in [0.2, 0.25) is 19.6 Å². The number of para-hydroxylation sites is 1. The summed E-state index contributed by atoms with van der Waals surface area (Å²) in [6, 6.07) is 12.9. The molecule has 0 aliphatic heterocycles. The van der Waals surface area contributed by atoms with E-state index in [1.165, 1.54) is 0 Å². The summed E-state index contributed by atoms with van der Waals surface area (Å²) in [5.74, 6) is -0.1000. The molecular formula is C21H25NO3Si. The van der Waals surface area contributed by atoms with E-state index in [0.29, 0.717) is 16.3 Å². The predicted molar refractivity (Wildman–Crippen MR) is 110 cm³/mol. The number of fused-ring (bicyclic) bond motifs is 2. The van der Waals surface area contributed by atoms with Crippen LogP contribution >= 0.6 is 0 Å². The molecule has 1 aromatic heterocycles.